The molecule has 0 aliphatic carbocycles. The summed E-state index contributed by atoms with van der Waals surface area (Å²) in [5.41, 5.74) is 2.78. The van der Waals surface area contributed by atoms with Crippen LogP contribution in [0, 0.1) is 0 Å². The second-order valence-electron chi connectivity index (χ2n) is 6.85. The third kappa shape index (κ3) is 4.03. The summed E-state index contributed by atoms with van der Waals surface area (Å²) in [7, 11) is 2.12. The van der Waals surface area contributed by atoms with Crippen molar-refractivity contribution >= 4 is 28.9 Å². The van der Waals surface area contributed by atoms with Gasteiger partial charge in [-0.2, -0.15) is 0 Å². The Morgan fingerprint density at radius 2 is 1.86 bits per heavy atom. The number of carbonyl (C=O) groups is 1. The maximum Gasteiger partial charge on any atom is 0.277 e. The molecule has 28 heavy (non-hydrogen) atoms. The summed E-state index contributed by atoms with van der Waals surface area (Å²) < 4.78 is 5.34. The summed E-state index contributed by atoms with van der Waals surface area (Å²) in [5.74, 6) is 0.193. The van der Waals surface area contributed by atoms with E-state index in [4.69, 9.17) is 16.1 Å². The van der Waals surface area contributed by atoms with Crippen LogP contribution >= 0.6 is 11.6 Å². The molecule has 0 saturated carbocycles. The largest absolute Gasteiger partial charge is 0.367 e. The van der Waals surface area contributed by atoms with Crippen LogP contribution in [0.4, 0.5) is 11.4 Å². The molecule has 4 rings (SSSR count). The van der Waals surface area contributed by atoms with Crippen molar-refractivity contribution in [3.05, 3.63) is 65.3 Å². The number of nitrogens with zero attached hydrogens (tertiary/aromatic N) is 3. The predicted octanol–water partition coefficient (Wildman–Crippen LogP) is 4.00. The lowest BCUT2D eigenvalue weighted by Gasteiger charge is -2.35. The Balaban J connectivity index is 1.52. The molecular formula is C21H21ClN4O2. The molecule has 7 heteroatoms. The molecule has 1 saturated heterocycles. The number of carbonyl (C=O) groups excluding carboxylic acids is 1. The monoisotopic (exact) mass is 396 g/mol. The Bertz CT molecular complexity index is 980. The number of hydrogen-bond donors (Lipinski definition) is 1. The highest BCUT2D eigenvalue weighted by molar-refractivity contribution is 6.30. The number of nitrogens with one attached hydrogen (secondary N) is 1. The number of para-hydroxylation sites is 2. The zero-order valence-corrected chi connectivity index (χ0v) is 16.3. The summed E-state index contributed by atoms with van der Waals surface area (Å²) in [5, 5.41) is 7.49. The van der Waals surface area contributed by atoms with Gasteiger partial charge in [0, 0.05) is 42.8 Å². The fourth-order valence-electron chi connectivity index (χ4n) is 3.25. The van der Waals surface area contributed by atoms with Crippen molar-refractivity contribution < 1.29 is 9.32 Å². The van der Waals surface area contributed by atoms with E-state index in [-0.39, 0.29) is 11.6 Å². The number of hydrogen-bond acceptors (Lipinski definition) is 5. The molecule has 1 aromatic heterocycles. The highest BCUT2D eigenvalue weighted by Crippen LogP contribution is 2.28. The molecule has 0 atom stereocenters. The molecule has 2 heterocycles. The van der Waals surface area contributed by atoms with Crippen LogP contribution in [0.15, 0.2) is 59.1 Å². The maximum absolute atomic E-state index is 12.7. The highest BCUT2D eigenvalue weighted by atomic mass is 35.5. The smallest absolute Gasteiger partial charge is 0.277 e. The van der Waals surface area contributed by atoms with E-state index in [1.165, 1.54) is 0 Å². The number of benzene rings is 2. The fraction of sp³-hybridized carbons (Fsp3) is 0.238. The van der Waals surface area contributed by atoms with Crippen molar-refractivity contribution in [1.82, 2.24) is 10.1 Å². The summed E-state index contributed by atoms with van der Waals surface area (Å²) in [4.78, 5) is 17.3. The normalized spacial score (nSPS) is 14.9. The van der Waals surface area contributed by atoms with Crippen molar-refractivity contribution in [3.63, 3.8) is 0 Å². The molecule has 1 amide bonds. The van der Waals surface area contributed by atoms with Crippen molar-refractivity contribution in [3.8, 4) is 11.3 Å². The summed E-state index contributed by atoms with van der Waals surface area (Å²) in [6, 6.07) is 16.7. The van der Waals surface area contributed by atoms with Crippen LogP contribution in [0.2, 0.25) is 5.02 Å². The van der Waals surface area contributed by atoms with E-state index < -0.39 is 0 Å². The lowest BCUT2D eigenvalue weighted by Crippen LogP contribution is -2.44. The molecule has 6 nitrogen and oxygen atoms in total. The number of anilines is 2. The molecule has 1 aliphatic rings. The molecule has 0 unspecified atom stereocenters. The van der Waals surface area contributed by atoms with E-state index in [1.807, 2.05) is 36.4 Å². The van der Waals surface area contributed by atoms with Crippen LogP contribution in [0.3, 0.4) is 0 Å². The van der Waals surface area contributed by atoms with Crippen molar-refractivity contribution in [1.29, 1.82) is 0 Å². The minimum atomic E-state index is -0.307. The fourth-order valence-corrected chi connectivity index (χ4v) is 3.44. The molecule has 0 spiro atoms. The summed E-state index contributed by atoms with van der Waals surface area (Å²) in [6.45, 7) is 3.83. The Kier molecular flexibility index (Phi) is 5.32. The van der Waals surface area contributed by atoms with Crippen molar-refractivity contribution in [2.24, 2.45) is 0 Å². The first-order valence-corrected chi connectivity index (χ1v) is 9.54. The van der Waals surface area contributed by atoms with Gasteiger partial charge in [-0.1, -0.05) is 41.0 Å². The van der Waals surface area contributed by atoms with Gasteiger partial charge in [0.05, 0.1) is 11.4 Å². The number of rotatable bonds is 4. The second kappa shape index (κ2) is 8.04. The zero-order chi connectivity index (χ0) is 19.5. The van der Waals surface area contributed by atoms with E-state index in [0.29, 0.717) is 10.8 Å². The first-order chi connectivity index (χ1) is 13.6. The molecule has 3 aromatic rings. The predicted molar refractivity (Wildman–Crippen MR) is 111 cm³/mol. The van der Waals surface area contributed by atoms with Crippen molar-refractivity contribution in [2.45, 2.75) is 0 Å². The maximum atomic E-state index is 12.7. The average molecular weight is 397 g/mol. The number of piperazine rings is 1. The Morgan fingerprint density at radius 1 is 1.07 bits per heavy atom. The van der Waals surface area contributed by atoms with Gasteiger partial charge in [0.2, 0.25) is 0 Å². The molecule has 1 N–H and O–H groups in total. The number of likely N-dealkylation sites (N-methyl/N-ethyl adjacent to an activating group) is 1. The van der Waals surface area contributed by atoms with Crippen LogP contribution in [0.5, 0.6) is 0 Å². The van der Waals surface area contributed by atoms with Crippen molar-refractivity contribution in [2.75, 3.05) is 43.4 Å². The molecule has 1 fully saturated rings. The third-order valence-electron chi connectivity index (χ3n) is 4.85. The molecular weight excluding hydrogens is 376 g/mol. The molecule has 0 radical (unpaired) electrons. The Hall–Kier alpha value is -2.83. The van der Waals surface area contributed by atoms with Gasteiger partial charge < -0.3 is 19.6 Å². The molecule has 0 bridgehead atoms. The van der Waals surface area contributed by atoms with Gasteiger partial charge in [0.15, 0.2) is 11.5 Å². The van der Waals surface area contributed by atoms with E-state index in [9.17, 15) is 4.79 Å². The zero-order valence-electron chi connectivity index (χ0n) is 15.6. The van der Waals surface area contributed by atoms with Gasteiger partial charge in [-0.3, -0.25) is 4.79 Å². The van der Waals surface area contributed by atoms with Gasteiger partial charge in [0.25, 0.3) is 5.91 Å². The number of halogens is 1. The van der Waals surface area contributed by atoms with Gasteiger partial charge in [-0.15, -0.1) is 0 Å². The van der Waals surface area contributed by atoms with Gasteiger partial charge in [-0.05, 0) is 31.3 Å². The Morgan fingerprint density at radius 3 is 2.64 bits per heavy atom. The first kappa shape index (κ1) is 18.5. The Labute approximate surface area is 168 Å². The topological polar surface area (TPSA) is 61.6 Å². The molecule has 2 aromatic carbocycles. The van der Waals surface area contributed by atoms with E-state index >= 15 is 0 Å². The number of aromatic nitrogens is 1. The van der Waals surface area contributed by atoms with Crippen LogP contribution in [-0.2, 0) is 0 Å². The summed E-state index contributed by atoms with van der Waals surface area (Å²) in [6.07, 6.45) is 0. The van der Waals surface area contributed by atoms with Gasteiger partial charge in [-0.25, -0.2) is 0 Å². The molecule has 144 valence electrons. The minimum absolute atomic E-state index is 0.225. The van der Waals surface area contributed by atoms with E-state index in [0.717, 1.165) is 43.1 Å². The van der Waals surface area contributed by atoms with E-state index in [1.54, 1.807) is 18.2 Å². The highest BCUT2D eigenvalue weighted by Gasteiger charge is 2.19. The standard InChI is InChI=1S/C21H21ClN4O2/c1-25-9-11-26(12-10-25)19-8-3-2-7-17(19)23-21(27)18-14-20(28-24-18)15-5-4-6-16(22)13-15/h2-8,13-14H,9-12H2,1H3,(H,23,27). The SMILES string of the molecule is CN1CCN(c2ccccc2NC(=O)c2cc(-c3cccc(Cl)c3)on2)CC1. The van der Waals surface area contributed by atoms with Crippen LogP contribution in [-0.4, -0.2) is 49.2 Å². The van der Waals surface area contributed by atoms with Crippen LogP contribution in [0.1, 0.15) is 10.5 Å². The summed E-state index contributed by atoms with van der Waals surface area (Å²) >= 11 is 6.02. The minimum Gasteiger partial charge on any atom is -0.367 e. The third-order valence-corrected chi connectivity index (χ3v) is 5.08. The van der Waals surface area contributed by atoms with Gasteiger partial charge >= 0.3 is 0 Å². The second-order valence-corrected chi connectivity index (χ2v) is 7.28. The van der Waals surface area contributed by atoms with E-state index in [2.05, 4.69) is 27.3 Å². The average Bonchev–Trinajstić information content (AvgIpc) is 3.20. The quantitative estimate of drug-likeness (QED) is 0.722. The lowest BCUT2D eigenvalue weighted by molar-refractivity contribution is 0.101. The number of amides is 1. The van der Waals surface area contributed by atoms with Crippen LogP contribution in [0.25, 0.3) is 11.3 Å². The lowest BCUT2D eigenvalue weighted by atomic mass is 10.1. The van der Waals surface area contributed by atoms with Gasteiger partial charge in [0.1, 0.15) is 0 Å². The first-order valence-electron chi connectivity index (χ1n) is 9.17. The van der Waals surface area contributed by atoms with Crippen LogP contribution < -0.4 is 10.2 Å². The molecule has 1 aliphatic heterocycles.